The highest BCUT2D eigenvalue weighted by Crippen LogP contribution is 2.43. The summed E-state index contributed by atoms with van der Waals surface area (Å²) in [7, 11) is 0. The Balaban J connectivity index is 1.50. The van der Waals surface area contributed by atoms with E-state index < -0.39 is 0 Å². The second-order valence-electron chi connectivity index (χ2n) is 6.03. The van der Waals surface area contributed by atoms with Gasteiger partial charge >= 0.3 is 0 Å². The summed E-state index contributed by atoms with van der Waals surface area (Å²) in [5, 5.41) is 9.99. The number of carbonyl (C=O) groups excluding carboxylic acids is 2. The monoisotopic (exact) mass is 390 g/mol. The summed E-state index contributed by atoms with van der Waals surface area (Å²) in [5.74, 6) is -0.0250. The number of nitrogens with one attached hydrogen (secondary N) is 2. The Morgan fingerprint density at radius 2 is 2.29 bits per heavy atom. The van der Waals surface area contributed by atoms with Crippen LogP contribution >= 0.6 is 15.9 Å². The molecule has 0 unspecified atom stereocenters. The zero-order valence-electron chi connectivity index (χ0n) is 12.7. The molecule has 0 bridgehead atoms. The molecule has 1 aromatic heterocycles. The van der Waals surface area contributed by atoms with Gasteiger partial charge in [-0.05, 0) is 40.9 Å². The molecule has 2 N–H and O–H groups in total. The summed E-state index contributed by atoms with van der Waals surface area (Å²) in [6.45, 7) is 0.415. The number of fused-ring (bicyclic) bond motifs is 1. The van der Waals surface area contributed by atoms with Crippen molar-refractivity contribution >= 4 is 33.4 Å². The average molecular weight is 391 g/mol. The first-order valence-corrected chi connectivity index (χ1v) is 8.41. The first-order valence-electron chi connectivity index (χ1n) is 7.62. The zero-order valence-corrected chi connectivity index (χ0v) is 14.3. The number of para-hydroxylation sites is 1. The smallest absolute Gasteiger partial charge is 0.262 e. The molecule has 2 amide bonds. The fraction of sp³-hybridized carbons (Fsp3) is 0.312. The van der Waals surface area contributed by atoms with Crippen LogP contribution in [0.1, 0.15) is 23.2 Å². The van der Waals surface area contributed by atoms with E-state index in [-0.39, 0.29) is 24.0 Å². The van der Waals surface area contributed by atoms with Gasteiger partial charge in [-0.1, -0.05) is 6.07 Å². The predicted molar refractivity (Wildman–Crippen MR) is 90.0 cm³/mol. The number of benzene rings is 1. The normalized spacial score (nSPS) is 17.5. The molecule has 1 saturated carbocycles. The molecule has 1 fully saturated rings. The van der Waals surface area contributed by atoms with Gasteiger partial charge in [-0.15, -0.1) is 0 Å². The van der Waals surface area contributed by atoms with Crippen molar-refractivity contribution in [3.8, 4) is 5.75 Å². The summed E-state index contributed by atoms with van der Waals surface area (Å²) < 4.78 is 8.24. The highest BCUT2D eigenvalue weighted by molar-refractivity contribution is 9.10. The van der Waals surface area contributed by atoms with Crippen LogP contribution in [0.2, 0.25) is 0 Å². The summed E-state index contributed by atoms with van der Waals surface area (Å²) in [4.78, 5) is 23.9. The molecule has 2 heterocycles. The van der Waals surface area contributed by atoms with Crippen LogP contribution in [0.3, 0.4) is 0 Å². The van der Waals surface area contributed by atoms with E-state index in [2.05, 4.69) is 31.7 Å². The van der Waals surface area contributed by atoms with Crippen molar-refractivity contribution in [1.29, 1.82) is 0 Å². The van der Waals surface area contributed by atoms with Crippen LogP contribution < -0.4 is 15.4 Å². The number of ether oxygens (including phenoxy) is 1. The van der Waals surface area contributed by atoms with Gasteiger partial charge in [-0.3, -0.25) is 14.3 Å². The number of nitrogens with zero attached hydrogens (tertiary/aromatic N) is 2. The van der Waals surface area contributed by atoms with E-state index in [1.165, 1.54) is 0 Å². The van der Waals surface area contributed by atoms with Gasteiger partial charge in [0.2, 0.25) is 0 Å². The van der Waals surface area contributed by atoms with Crippen LogP contribution in [0.25, 0.3) is 0 Å². The quantitative estimate of drug-likeness (QED) is 0.834. The molecule has 24 heavy (non-hydrogen) atoms. The van der Waals surface area contributed by atoms with E-state index in [4.69, 9.17) is 4.74 Å². The maximum Gasteiger partial charge on any atom is 0.262 e. The third-order valence-electron chi connectivity index (χ3n) is 4.32. The van der Waals surface area contributed by atoms with Crippen molar-refractivity contribution in [1.82, 2.24) is 15.1 Å². The Labute approximate surface area is 146 Å². The third kappa shape index (κ3) is 2.66. The fourth-order valence-electron chi connectivity index (χ4n) is 2.83. The molecule has 1 aliphatic heterocycles. The van der Waals surface area contributed by atoms with Crippen LogP contribution in [-0.2, 0) is 10.3 Å². The van der Waals surface area contributed by atoms with Gasteiger partial charge in [0.25, 0.3) is 11.8 Å². The Morgan fingerprint density at radius 3 is 3.00 bits per heavy atom. The summed E-state index contributed by atoms with van der Waals surface area (Å²) in [6.07, 6.45) is 5.61. The molecule has 1 aromatic carbocycles. The standard InChI is InChI=1S/C16H15BrN4O3/c17-10-6-19-21(7-10)16(4-5-16)9-18-15(23)11-2-1-3-12-14(11)24-8-13(22)20-12/h1-3,6-7H,4-5,8-9H2,(H,18,23)(H,20,22). The van der Waals surface area contributed by atoms with Gasteiger partial charge in [-0.2, -0.15) is 5.10 Å². The Hall–Kier alpha value is -2.35. The van der Waals surface area contributed by atoms with Crippen molar-refractivity contribution in [3.05, 3.63) is 40.6 Å². The van der Waals surface area contributed by atoms with Crippen LogP contribution in [0.4, 0.5) is 5.69 Å². The number of hydrogen-bond donors (Lipinski definition) is 2. The van der Waals surface area contributed by atoms with Gasteiger partial charge in [0.1, 0.15) is 0 Å². The molecule has 2 aromatic rings. The van der Waals surface area contributed by atoms with Gasteiger partial charge in [0, 0.05) is 12.7 Å². The minimum absolute atomic E-state index is 0.0808. The number of anilines is 1. The topological polar surface area (TPSA) is 85.2 Å². The number of aromatic nitrogens is 2. The lowest BCUT2D eigenvalue weighted by Crippen LogP contribution is -2.36. The largest absolute Gasteiger partial charge is 0.481 e. The average Bonchev–Trinajstić information content (AvgIpc) is 3.25. The summed E-state index contributed by atoms with van der Waals surface area (Å²) in [5.41, 5.74) is 0.798. The molecular weight excluding hydrogens is 376 g/mol. The van der Waals surface area contributed by atoms with Crippen molar-refractivity contribution < 1.29 is 14.3 Å². The maximum absolute atomic E-state index is 12.6. The number of halogens is 1. The van der Waals surface area contributed by atoms with Gasteiger partial charge in [0.15, 0.2) is 12.4 Å². The van der Waals surface area contributed by atoms with Crippen LogP contribution in [0.5, 0.6) is 5.75 Å². The molecule has 8 heteroatoms. The SMILES string of the molecule is O=C1COc2c(cccc2C(=O)NCC2(n3cc(Br)cn3)CC2)N1. The van der Waals surface area contributed by atoms with E-state index in [0.29, 0.717) is 23.5 Å². The Kier molecular flexibility index (Phi) is 3.56. The van der Waals surface area contributed by atoms with Crippen molar-refractivity contribution in [2.75, 3.05) is 18.5 Å². The molecule has 124 valence electrons. The molecule has 0 spiro atoms. The van der Waals surface area contributed by atoms with E-state index >= 15 is 0 Å². The molecule has 2 aliphatic rings. The van der Waals surface area contributed by atoms with Crippen LogP contribution in [0.15, 0.2) is 35.1 Å². The molecule has 1 aliphatic carbocycles. The highest BCUT2D eigenvalue weighted by atomic mass is 79.9. The first kappa shape index (κ1) is 15.2. The first-order chi connectivity index (χ1) is 11.6. The van der Waals surface area contributed by atoms with E-state index in [1.54, 1.807) is 24.4 Å². The number of hydrogen-bond acceptors (Lipinski definition) is 4. The number of rotatable bonds is 4. The van der Waals surface area contributed by atoms with Crippen molar-refractivity contribution in [3.63, 3.8) is 0 Å². The fourth-order valence-corrected chi connectivity index (χ4v) is 3.11. The van der Waals surface area contributed by atoms with E-state index in [0.717, 1.165) is 17.3 Å². The second kappa shape index (κ2) is 5.62. The van der Waals surface area contributed by atoms with Gasteiger partial charge < -0.3 is 15.4 Å². The maximum atomic E-state index is 12.6. The van der Waals surface area contributed by atoms with Gasteiger partial charge in [0.05, 0.1) is 27.5 Å². The number of carbonyl (C=O) groups is 2. The lowest BCUT2D eigenvalue weighted by Gasteiger charge is -2.21. The molecular formula is C16H15BrN4O3. The Bertz CT molecular complexity index is 828. The highest BCUT2D eigenvalue weighted by Gasteiger charge is 2.45. The molecule has 0 atom stereocenters. The zero-order chi connectivity index (χ0) is 16.7. The molecule has 0 radical (unpaired) electrons. The molecule has 4 rings (SSSR count). The van der Waals surface area contributed by atoms with E-state index in [1.807, 2.05) is 10.9 Å². The van der Waals surface area contributed by atoms with Gasteiger partial charge in [-0.25, -0.2) is 0 Å². The predicted octanol–water partition coefficient (Wildman–Crippen LogP) is 1.90. The summed E-state index contributed by atoms with van der Waals surface area (Å²) in [6, 6.07) is 5.13. The van der Waals surface area contributed by atoms with E-state index in [9.17, 15) is 9.59 Å². The number of amides is 2. The van der Waals surface area contributed by atoms with Crippen LogP contribution in [0, 0.1) is 0 Å². The molecule has 0 saturated heterocycles. The summed E-state index contributed by atoms with van der Waals surface area (Å²) >= 11 is 3.39. The minimum Gasteiger partial charge on any atom is -0.481 e. The molecule has 7 nitrogen and oxygen atoms in total. The lowest BCUT2D eigenvalue weighted by atomic mass is 10.1. The van der Waals surface area contributed by atoms with Crippen LogP contribution in [-0.4, -0.2) is 34.7 Å². The lowest BCUT2D eigenvalue weighted by molar-refractivity contribution is -0.118. The van der Waals surface area contributed by atoms with Crippen molar-refractivity contribution in [2.45, 2.75) is 18.4 Å². The second-order valence-corrected chi connectivity index (χ2v) is 6.94. The van der Waals surface area contributed by atoms with Crippen molar-refractivity contribution in [2.24, 2.45) is 0 Å². The minimum atomic E-state index is -0.222. The Morgan fingerprint density at radius 1 is 1.46 bits per heavy atom. The third-order valence-corrected chi connectivity index (χ3v) is 4.73.